The standard InChI is InChI=1S/C7H15NO.C2H6/c1-4-6(8)7(9)5(2)3;1-2/h5-6H,4,8H2,1-3H3;1-2H3. The van der Waals surface area contributed by atoms with Crippen molar-refractivity contribution in [2.24, 2.45) is 11.7 Å². The Morgan fingerprint density at radius 2 is 1.73 bits per heavy atom. The third-order valence-corrected chi connectivity index (χ3v) is 1.37. The lowest BCUT2D eigenvalue weighted by molar-refractivity contribution is -0.123. The third kappa shape index (κ3) is 6.05. The maximum atomic E-state index is 10.9. The van der Waals surface area contributed by atoms with Gasteiger partial charge in [0.25, 0.3) is 0 Å². The Labute approximate surface area is 70.2 Å². The van der Waals surface area contributed by atoms with E-state index < -0.39 is 0 Å². The molecule has 0 aromatic heterocycles. The average Bonchev–Trinajstić information content (AvgIpc) is 2.05. The molecule has 0 aliphatic rings. The smallest absolute Gasteiger partial charge is 0.152 e. The Morgan fingerprint density at radius 3 is 1.82 bits per heavy atom. The molecule has 2 heteroatoms. The van der Waals surface area contributed by atoms with Gasteiger partial charge >= 0.3 is 0 Å². The summed E-state index contributed by atoms with van der Waals surface area (Å²) in [6.45, 7) is 9.67. The summed E-state index contributed by atoms with van der Waals surface area (Å²) in [5.74, 6) is 0.248. The van der Waals surface area contributed by atoms with Gasteiger partial charge in [-0.3, -0.25) is 4.79 Å². The number of Topliss-reactive ketones (excluding diaryl/α,β-unsaturated/α-hetero) is 1. The van der Waals surface area contributed by atoms with E-state index in [1.165, 1.54) is 0 Å². The van der Waals surface area contributed by atoms with Crippen molar-refractivity contribution < 1.29 is 4.79 Å². The van der Waals surface area contributed by atoms with E-state index in [4.69, 9.17) is 5.73 Å². The first-order chi connectivity index (χ1) is 5.09. The number of ketones is 1. The molecule has 0 saturated heterocycles. The molecule has 0 aromatic carbocycles. The molecule has 2 N–H and O–H groups in total. The summed E-state index contributed by atoms with van der Waals surface area (Å²) >= 11 is 0. The van der Waals surface area contributed by atoms with E-state index in [0.717, 1.165) is 6.42 Å². The summed E-state index contributed by atoms with van der Waals surface area (Å²) in [4.78, 5) is 10.9. The number of hydrogen-bond donors (Lipinski definition) is 1. The first-order valence-electron chi connectivity index (χ1n) is 4.38. The second-order valence-corrected chi connectivity index (χ2v) is 2.57. The Balaban J connectivity index is 0. The van der Waals surface area contributed by atoms with Crippen molar-refractivity contribution in [2.45, 2.75) is 47.1 Å². The van der Waals surface area contributed by atoms with E-state index in [1.807, 2.05) is 34.6 Å². The molecule has 0 saturated carbocycles. The number of rotatable bonds is 3. The van der Waals surface area contributed by atoms with Crippen LogP contribution < -0.4 is 5.73 Å². The zero-order valence-electron chi connectivity index (χ0n) is 8.35. The van der Waals surface area contributed by atoms with Crippen molar-refractivity contribution in [2.75, 3.05) is 0 Å². The SMILES string of the molecule is CC.CCC(N)C(=O)C(C)C. The van der Waals surface area contributed by atoms with Crippen LogP contribution in [0, 0.1) is 5.92 Å². The third-order valence-electron chi connectivity index (χ3n) is 1.37. The van der Waals surface area contributed by atoms with Crippen LogP contribution in [0.2, 0.25) is 0 Å². The average molecular weight is 159 g/mol. The van der Waals surface area contributed by atoms with Gasteiger partial charge in [-0.05, 0) is 6.42 Å². The van der Waals surface area contributed by atoms with Crippen LogP contribution in [0.3, 0.4) is 0 Å². The molecule has 0 amide bonds. The summed E-state index contributed by atoms with van der Waals surface area (Å²) in [7, 11) is 0. The van der Waals surface area contributed by atoms with Crippen molar-refractivity contribution in [3.05, 3.63) is 0 Å². The van der Waals surface area contributed by atoms with Gasteiger partial charge in [-0.2, -0.15) is 0 Å². The topological polar surface area (TPSA) is 43.1 Å². The molecule has 68 valence electrons. The van der Waals surface area contributed by atoms with E-state index in [0.29, 0.717) is 0 Å². The minimum Gasteiger partial charge on any atom is -0.322 e. The predicted octanol–water partition coefficient (Wildman–Crippen LogP) is 1.97. The van der Waals surface area contributed by atoms with Crippen LogP contribution in [-0.4, -0.2) is 11.8 Å². The maximum absolute atomic E-state index is 10.9. The van der Waals surface area contributed by atoms with E-state index in [2.05, 4.69) is 0 Å². The van der Waals surface area contributed by atoms with Crippen LogP contribution in [0.15, 0.2) is 0 Å². The quantitative estimate of drug-likeness (QED) is 0.684. The largest absolute Gasteiger partial charge is 0.322 e. The summed E-state index contributed by atoms with van der Waals surface area (Å²) in [5, 5.41) is 0. The van der Waals surface area contributed by atoms with Crippen molar-refractivity contribution in [1.29, 1.82) is 0 Å². The van der Waals surface area contributed by atoms with Crippen LogP contribution in [0.25, 0.3) is 0 Å². The Hall–Kier alpha value is -0.370. The van der Waals surface area contributed by atoms with E-state index in [1.54, 1.807) is 0 Å². The summed E-state index contributed by atoms with van der Waals surface area (Å²) in [5.41, 5.74) is 5.47. The molecule has 0 aromatic rings. The highest BCUT2D eigenvalue weighted by molar-refractivity contribution is 5.85. The van der Waals surface area contributed by atoms with Crippen LogP contribution in [0.5, 0.6) is 0 Å². The number of carbonyl (C=O) groups excluding carboxylic acids is 1. The number of hydrogen-bond acceptors (Lipinski definition) is 2. The van der Waals surface area contributed by atoms with Crippen LogP contribution in [0.1, 0.15) is 41.0 Å². The summed E-state index contributed by atoms with van der Waals surface area (Å²) in [6, 6.07) is -0.245. The second kappa shape index (κ2) is 7.73. The van der Waals surface area contributed by atoms with Crippen LogP contribution in [0.4, 0.5) is 0 Å². The highest BCUT2D eigenvalue weighted by Gasteiger charge is 2.13. The maximum Gasteiger partial charge on any atom is 0.152 e. The molecule has 0 rings (SSSR count). The minimum absolute atomic E-state index is 0.0833. The van der Waals surface area contributed by atoms with Crippen molar-refractivity contribution >= 4 is 5.78 Å². The van der Waals surface area contributed by atoms with Gasteiger partial charge in [-0.25, -0.2) is 0 Å². The molecule has 0 fully saturated rings. The molecule has 0 bridgehead atoms. The number of nitrogens with two attached hydrogens (primary N) is 1. The van der Waals surface area contributed by atoms with Crippen molar-refractivity contribution in [1.82, 2.24) is 0 Å². The van der Waals surface area contributed by atoms with Gasteiger partial charge in [-0.1, -0.05) is 34.6 Å². The highest BCUT2D eigenvalue weighted by atomic mass is 16.1. The number of carbonyl (C=O) groups is 1. The molecule has 1 atom stereocenters. The molecule has 0 radical (unpaired) electrons. The molecular weight excluding hydrogens is 138 g/mol. The van der Waals surface area contributed by atoms with E-state index in [-0.39, 0.29) is 17.7 Å². The summed E-state index contributed by atoms with van der Waals surface area (Å²) in [6.07, 6.45) is 0.747. The monoisotopic (exact) mass is 159 g/mol. The van der Waals surface area contributed by atoms with E-state index >= 15 is 0 Å². The summed E-state index contributed by atoms with van der Waals surface area (Å²) < 4.78 is 0. The van der Waals surface area contributed by atoms with Gasteiger partial charge in [0.2, 0.25) is 0 Å². The lowest BCUT2D eigenvalue weighted by Crippen LogP contribution is -2.32. The Bertz CT molecular complexity index is 99.7. The fraction of sp³-hybridized carbons (Fsp3) is 0.889. The van der Waals surface area contributed by atoms with Gasteiger partial charge in [0, 0.05) is 5.92 Å². The molecule has 0 spiro atoms. The lowest BCUT2D eigenvalue weighted by Gasteiger charge is -2.09. The Kier molecular flexibility index (Phi) is 9.31. The normalized spacial score (nSPS) is 11.9. The first kappa shape index (κ1) is 13.2. The molecule has 0 aliphatic carbocycles. The van der Waals surface area contributed by atoms with Crippen LogP contribution >= 0.6 is 0 Å². The molecule has 0 heterocycles. The minimum atomic E-state index is -0.245. The zero-order chi connectivity index (χ0) is 9.44. The fourth-order valence-electron chi connectivity index (χ4n) is 0.629. The zero-order valence-corrected chi connectivity index (χ0v) is 8.35. The van der Waals surface area contributed by atoms with Crippen LogP contribution in [-0.2, 0) is 4.79 Å². The molecule has 1 unspecified atom stereocenters. The van der Waals surface area contributed by atoms with Gasteiger partial charge in [0.1, 0.15) is 0 Å². The fourth-order valence-corrected chi connectivity index (χ4v) is 0.629. The molecule has 2 nitrogen and oxygen atoms in total. The highest BCUT2D eigenvalue weighted by Crippen LogP contribution is 1.99. The molecular formula is C9H21NO. The van der Waals surface area contributed by atoms with Crippen molar-refractivity contribution in [3.63, 3.8) is 0 Å². The Morgan fingerprint density at radius 1 is 1.36 bits per heavy atom. The molecule has 11 heavy (non-hydrogen) atoms. The van der Waals surface area contributed by atoms with Crippen molar-refractivity contribution in [3.8, 4) is 0 Å². The van der Waals surface area contributed by atoms with Gasteiger partial charge < -0.3 is 5.73 Å². The lowest BCUT2D eigenvalue weighted by atomic mass is 10.0. The van der Waals surface area contributed by atoms with E-state index in [9.17, 15) is 4.79 Å². The predicted molar refractivity (Wildman–Crippen MR) is 49.5 cm³/mol. The van der Waals surface area contributed by atoms with Gasteiger partial charge in [-0.15, -0.1) is 0 Å². The molecule has 0 aliphatic heterocycles. The first-order valence-corrected chi connectivity index (χ1v) is 4.38. The second-order valence-electron chi connectivity index (χ2n) is 2.57. The van der Waals surface area contributed by atoms with Gasteiger partial charge in [0.15, 0.2) is 5.78 Å². The van der Waals surface area contributed by atoms with Gasteiger partial charge in [0.05, 0.1) is 6.04 Å².